The first-order valence-electron chi connectivity index (χ1n) is 4.84. The summed E-state index contributed by atoms with van der Waals surface area (Å²) in [6.07, 6.45) is -3.47. The molecule has 0 aliphatic heterocycles. The highest BCUT2D eigenvalue weighted by Gasteiger charge is 2.29. The molecule has 0 radical (unpaired) electrons. The summed E-state index contributed by atoms with van der Waals surface area (Å²) in [6.45, 7) is 5.42. The van der Waals surface area contributed by atoms with Crippen LogP contribution in [0.3, 0.4) is 0 Å². The molecule has 0 aliphatic rings. The topological polar surface area (TPSA) is 98.7 Å². The van der Waals surface area contributed by atoms with Crippen molar-refractivity contribution in [2.24, 2.45) is 0 Å². The number of nitrogens with one attached hydrogen (secondary N) is 2. The molecule has 88 valence electrons. The van der Waals surface area contributed by atoms with E-state index in [0.717, 1.165) is 0 Å². The molecule has 0 saturated heterocycles. The highest BCUT2D eigenvalue weighted by Crippen LogP contribution is 1.95. The van der Waals surface area contributed by atoms with E-state index in [1.807, 2.05) is 0 Å². The van der Waals surface area contributed by atoms with Crippen LogP contribution in [0, 0.1) is 0 Å². The molecule has 0 saturated carbocycles. The maximum atomic E-state index is 11.2. The van der Waals surface area contributed by atoms with E-state index >= 15 is 0 Å². The Bertz CT molecular complexity index is 230. The normalized spacial score (nSPS) is 14.5. The molecule has 0 aromatic carbocycles. The largest absolute Gasteiger partial charge is 0.380 e. The van der Waals surface area contributed by atoms with E-state index in [1.54, 1.807) is 20.8 Å². The first kappa shape index (κ1) is 13.9. The average molecular weight is 218 g/mol. The SMILES string of the molecule is CCNC(=O)[C@H](O)[C@H](O)C(=O)NC(C)C. The number of carbonyl (C=O) groups is 2. The van der Waals surface area contributed by atoms with E-state index in [1.165, 1.54) is 0 Å². The van der Waals surface area contributed by atoms with Crippen LogP contribution in [0.15, 0.2) is 0 Å². The summed E-state index contributed by atoms with van der Waals surface area (Å²) in [7, 11) is 0. The number of hydrogen-bond acceptors (Lipinski definition) is 4. The molecule has 2 atom stereocenters. The summed E-state index contributed by atoms with van der Waals surface area (Å²) >= 11 is 0. The molecule has 0 unspecified atom stereocenters. The van der Waals surface area contributed by atoms with Crippen molar-refractivity contribution in [1.29, 1.82) is 0 Å². The van der Waals surface area contributed by atoms with Crippen molar-refractivity contribution in [3.63, 3.8) is 0 Å². The number of rotatable bonds is 5. The van der Waals surface area contributed by atoms with Crippen molar-refractivity contribution in [3.05, 3.63) is 0 Å². The molecule has 4 N–H and O–H groups in total. The molecule has 0 spiro atoms. The molecule has 15 heavy (non-hydrogen) atoms. The molecule has 0 rings (SSSR count). The van der Waals surface area contributed by atoms with Crippen LogP contribution in [-0.4, -0.2) is 46.8 Å². The van der Waals surface area contributed by atoms with Crippen LogP contribution in [0.5, 0.6) is 0 Å². The van der Waals surface area contributed by atoms with Gasteiger partial charge < -0.3 is 20.8 Å². The third kappa shape index (κ3) is 4.75. The van der Waals surface area contributed by atoms with E-state index in [-0.39, 0.29) is 6.04 Å². The Hall–Kier alpha value is -1.14. The second-order valence-electron chi connectivity index (χ2n) is 3.45. The van der Waals surface area contributed by atoms with Crippen LogP contribution >= 0.6 is 0 Å². The fourth-order valence-corrected chi connectivity index (χ4v) is 0.935. The van der Waals surface area contributed by atoms with Crippen molar-refractivity contribution in [2.75, 3.05) is 6.54 Å². The lowest BCUT2D eigenvalue weighted by Crippen LogP contribution is -2.50. The third-order valence-electron chi connectivity index (χ3n) is 1.62. The van der Waals surface area contributed by atoms with Crippen molar-refractivity contribution in [1.82, 2.24) is 10.6 Å². The lowest BCUT2D eigenvalue weighted by Gasteiger charge is -2.18. The summed E-state index contributed by atoms with van der Waals surface area (Å²) in [5, 5.41) is 23.3. The number of aliphatic hydroxyl groups excluding tert-OH is 2. The first-order valence-corrected chi connectivity index (χ1v) is 4.84. The van der Waals surface area contributed by atoms with Gasteiger partial charge in [0.2, 0.25) is 0 Å². The maximum Gasteiger partial charge on any atom is 0.252 e. The maximum absolute atomic E-state index is 11.2. The zero-order valence-electron chi connectivity index (χ0n) is 9.15. The molecular weight excluding hydrogens is 200 g/mol. The van der Waals surface area contributed by atoms with Crippen LogP contribution < -0.4 is 10.6 Å². The molecule has 0 aliphatic carbocycles. The van der Waals surface area contributed by atoms with Gasteiger partial charge in [0.05, 0.1) is 0 Å². The molecule has 0 heterocycles. The summed E-state index contributed by atoms with van der Waals surface area (Å²) in [5.74, 6) is -1.52. The number of hydrogen-bond donors (Lipinski definition) is 4. The zero-order chi connectivity index (χ0) is 12.0. The Labute approximate surface area is 88.7 Å². The van der Waals surface area contributed by atoms with Crippen LogP contribution in [-0.2, 0) is 9.59 Å². The van der Waals surface area contributed by atoms with Crippen LogP contribution in [0.25, 0.3) is 0 Å². The van der Waals surface area contributed by atoms with Gasteiger partial charge >= 0.3 is 0 Å². The van der Waals surface area contributed by atoms with E-state index in [9.17, 15) is 19.8 Å². The fraction of sp³-hybridized carbons (Fsp3) is 0.778. The first-order chi connectivity index (χ1) is 6.90. The lowest BCUT2D eigenvalue weighted by molar-refractivity contribution is -0.146. The minimum atomic E-state index is -1.74. The summed E-state index contributed by atoms with van der Waals surface area (Å²) in [5.41, 5.74) is 0. The molecule has 0 aromatic heterocycles. The van der Waals surface area contributed by atoms with Gasteiger partial charge in [0.1, 0.15) is 0 Å². The van der Waals surface area contributed by atoms with Gasteiger partial charge in [-0.15, -0.1) is 0 Å². The van der Waals surface area contributed by atoms with Crippen LogP contribution in [0.1, 0.15) is 20.8 Å². The lowest BCUT2D eigenvalue weighted by atomic mass is 10.1. The molecule has 2 amide bonds. The number of carbonyl (C=O) groups excluding carboxylic acids is 2. The predicted molar refractivity (Wildman–Crippen MR) is 54.0 cm³/mol. The van der Waals surface area contributed by atoms with E-state index in [2.05, 4.69) is 10.6 Å². The fourth-order valence-electron chi connectivity index (χ4n) is 0.935. The molecule has 6 nitrogen and oxygen atoms in total. The quantitative estimate of drug-likeness (QED) is 0.445. The third-order valence-corrected chi connectivity index (χ3v) is 1.62. The van der Waals surface area contributed by atoms with Gasteiger partial charge in [0.25, 0.3) is 11.8 Å². The summed E-state index contributed by atoms with van der Waals surface area (Å²) < 4.78 is 0. The Morgan fingerprint density at radius 2 is 1.60 bits per heavy atom. The van der Waals surface area contributed by atoms with E-state index in [0.29, 0.717) is 6.54 Å². The van der Waals surface area contributed by atoms with Gasteiger partial charge in [0.15, 0.2) is 12.2 Å². The Morgan fingerprint density at radius 1 is 1.13 bits per heavy atom. The number of likely N-dealkylation sites (N-methyl/N-ethyl adjacent to an activating group) is 1. The Kier molecular flexibility index (Phi) is 5.88. The van der Waals surface area contributed by atoms with Crippen molar-refractivity contribution in [2.45, 2.75) is 39.0 Å². The van der Waals surface area contributed by atoms with Crippen LogP contribution in [0.4, 0.5) is 0 Å². The Balaban J connectivity index is 4.24. The summed E-state index contributed by atoms with van der Waals surface area (Å²) in [6, 6.07) is -0.159. The molecule has 6 heteroatoms. The highest BCUT2D eigenvalue weighted by molar-refractivity contribution is 5.90. The van der Waals surface area contributed by atoms with Crippen molar-refractivity contribution < 1.29 is 19.8 Å². The van der Waals surface area contributed by atoms with E-state index < -0.39 is 24.0 Å². The number of amides is 2. The highest BCUT2D eigenvalue weighted by atomic mass is 16.3. The van der Waals surface area contributed by atoms with Gasteiger partial charge in [-0.2, -0.15) is 0 Å². The van der Waals surface area contributed by atoms with Crippen molar-refractivity contribution >= 4 is 11.8 Å². The second kappa shape index (κ2) is 6.36. The van der Waals surface area contributed by atoms with E-state index in [4.69, 9.17) is 0 Å². The summed E-state index contributed by atoms with van der Waals surface area (Å²) in [4.78, 5) is 22.3. The number of aliphatic hydroxyl groups is 2. The predicted octanol–water partition coefficient (Wildman–Crippen LogP) is -1.63. The van der Waals surface area contributed by atoms with Crippen LogP contribution in [0.2, 0.25) is 0 Å². The second-order valence-corrected chi connectivity index (χ2v) is 3.45. The Morgan fingerprint density at radius 3 is 2.00 bits per heavy atom. The zero-order valence-corrected chi connectivity index (χ0v) is 9.15. The molecular formula is C9H18N2O4. The molecule has 0 fully saturated rings. The monoisotopic (exact) mass is 218 g/mol. The standard InChI is InChI=1S/C9H18N2O4/c1-4-10-8(14)6(12)7(13)9(15)11-5(2)3/h5-7,12-13H,4H2,1-3H3,(H,10,14)(H,11,15)/t6-,7+/m1/s1. The van der Waals surface area contributed by atoms with Crippen molar-refractivity contribution in [3.8, 4) is 0 Å². The molecule has 0 aromatic rings. The van der Waals surface area contributed by atoms with Gasteiger partial charge in [-0.1, -0.05) is 0 Å². The van der Waals surface area contributed by atoms with Gasteiger partial charge in [-0.05, 0) is 20.8 Å². The molecule has 0 bridgehead atoms. The van der Waals surface area contributed by atoms with Gasteiger partial charge in [-0.3, -0.25) is 9.59 Å². The minimum absolute atomic E-state index is 0.159. The van der Waals surface area contributed by atoms with Gasteiger partial charge in [0, 0.05) is 12.6 Å². The van der Waals surface area contributed by atoms with Gasteiger partial charge in [-0.25, -0.2) is 0 Å². The minimum Gasteiger partial charge on any atom is -0.380 e. The smallest absolute Gasteiger partial charge is 0.252 e. The average Bonchev–Trinajstić information content (AvgIpc) is 2.14.